The van der Waals surface area contributed by atoms with E-state index in [1.807, 2.05) is 0 Å². The van der Waals surface area contributed by atoms with Gasteiger partial charge in [-0.05, 0) is 0 Å². The molecule has 0 atom stereocenters. The SMILES string of the molecule is O=[PH](O)O.[SeH2]. The molecule has 0 radical (unpaired) electrons. The molecule has 0 aromatic rings. The van der Waals surface area contributed by atoms with Crippen LogP contribution in [0.3, 0.4) is 0 Å². The Morgan fingerprint density at radius 1 is 1.40 bits per heavy atom. The summed E-state index contributed by atoms with van der Waals surface area (Å²) >= 11 is 0. The van der Waals surface area contributed by atoms with Crippen molar-refractivity contribution in [2.75, 3.05) is 0 Å². The third-order valence-electron chi connectivity index (χ3n) is 0. The van der Waals surface area contributed by atoms with Crippen LogP contribution in [0.4, 0.5) is 0 Å². The van der Waals surface area contributed by atoms with Crippen molar-refractivity contribution >= 4 is 25.3 Å². The van der Waals surface area contributed by atoms with E-state index in [4.69, 9.17) is 14.4 Å². The Labute approximate surface area is 40.4 Å². The zero-order valence-electron chi connectivity index (χ0n) is 2.30. The van der Waals surface area contributed by atoms with Gasteiger partial charge in [-0.1, -0.05) is 0 Å². The number of hydrogen-bond donors (Lipinski definition) is 2. The van der Waals surface area contributed by atoms with Crippen LogP contribution in [-0.4, -0.2) is 26.9 Å². The molecule has 0 aliphatic heterocycles. The normalized spacial score (nSPS) is 7.00. The molecule has 3 nitrogen and oxygen atoms in total. The standard InChI is InChI=1S/H3O3P.H2Se/c1-4(2)3;/h4H,(H2,1,2,3);1H2. The number of rotatable bonds is 0. The van der Waals surface area contributed by atoms with Crippen LogP contribution in [-0.2, 0) is 4.57 Å². The van der Waals surface area contributed by atoms with Gasteiger partial charge in [-0.2, -0.15) is 0 Å². The summed E-state index contributed by atoms with van der Waals surface area (Å²) in [5, 5.41) is 0. The molecule has 0 bridgehead atoms. The van der Waals surface area contributed by atoms with E-state index < -0.39 is 8.25 Å². The fourth-order valence-corrected chi connectivity index (χ4v) is 0. The third-order valence-corrected chi connectivity index (χ3v) is 0. The van der Waals surface area contributed by atoms with Gasteiger partial charge in [-0.25, -0.2) is 0 Å². The molecule has 0 saturated carbocycles. The molecule has 5 heavy (non-hydrogen) atoms. The van der Waals surface area contributed by atoms with Crippen LogP contribution in [0, 0.1) is 0 Å². The average molecular weight is 163 g/mol. The molecule has 0 aromatic carbocycles. The molecular formula is H5O3PSe. The summed E-state index contributed by atoms with van der Waals surface area (Å²) < 4.78 is 8.74. The summed E-state index contributed by atoms with van der Waals surface area (Å²) in [5.41, 5.74) is 0. The minimum atomic E-state index is -3.13. The molecule has 0 amide bonds. The van der Waals surface area contributed by atoms with E-state index in [0.717, 1.165) is 0 Å². The van der Waals surface area contributed by atoms with E-state index in [0.29, 0.717) is 0 Å². The van der Waals surface area contributed by atoms with Crippen molar-refractivity contribution in [2.24, 2.45) is 0 Å². The number of hydrogen-bond acceptors (Lipinski definition) is 1. The van der Waals surface area contributed by atoms with Crippen molar-refractivity contribution in [3.8, 4) is 0 Å². The summed E-state index contributed by atoms with van der Waals surface area (Å²) in [6.07, 6.45) is 0. The molecule has 0 spiro atoms. The zero-order chi connectivity index (χ0) is 3.58. The summed E-state index contributed by atoms with van der Waals surface area (Å²) in [6.45, 7) is 0. The van der Waals surface area contributed by atoms with E-state index >= 15 is 0 Å². The van der Waals surface area contributed by atoms with Crippen LogP contribution in [0.25, 0.3) is 0 Å². The van der Waals surface area contributed by atoms with E-state index in [2.05, 4.69) is 0 Å². The molecule has 2 N–H and O–H groups in total. The van der Waals surface area contributed by atoms with E-state index in [1.165, 1.54) is 0 Å². The molecule has 0 aliphatic rings. The second-order valence-electron chi connectivity index (χ2n) is 0.283. The third kappa shape index (κ3) is 74.2. The first-order valence-corrected chi connectivity index (χ1v) is 1.95. The Morgan fingerprint density at radius 3 is 1.40 bits per heavy atom. The van der Waals surface area contributed by atoms with E-state index in [9.17, 15) is 0 Å². The fraction of sp³-hybridized carbons (Fsp3) is 0. The topological polar surface area (TPSA) is 57.5 Å². The van der Waals surface area contributed by atoms with Gasteiger partial charge in [-0.15, -0.1) is 0 Å². The summed E-state index contributed by atoms with van der Waals surface area (Å²) in [5.74, 6) is 0. The van der Waals surface area contributed by atoms with Crippen LogP contribution in [0.2, 0.25) is 0 Å². The van der Waals surface area contributed by atoms with Gasteiger partial charge < -0.3 is 9.79 Å². The predicted octanol–water partition coefficient (Wildman–Crippen LogP) is -1.56. The maximum absolute atomic E-state index is 8.74. The quantitative estimate of drug-likeness (QED) is 0.335. The van der Waals surface area contributed by atoms with E-state index in [1.54, 1.807) is 0 Å². The molecule has 0 unspecified atom stereocenters. The van der Waals surface area contributed by atoms with Crippen molar-refractivity contribution in [3.63, 3.8) is 0 Å². The zero-order valence-corrected chi connectivity index (χ0v) is 5.40. The predicted molar refractivity (Wildman–Crippen MR) is 22.0 cm³/mol. The summed E-state index contributed by atoms with van der Waals surface area (Å²) in [4.78, 5) is 14.3. The van der Waals surface area contributed by atoms with E-state index in [-0.39, 0.29) is 17.1 Å². The van der Waals surface area contributed by atoms with Crippen LogP contribution in [0.15, 0.2) is 0 Å². The molecule has 0 heterocycles. The van der Waals surface area contributed by atoms with Gasteiger partial charge in [0.1, 0.15) is 0 Å². The molecule has 34 valence electrons. The van der Waals surface area contributed by atoms with Crippen molar-refractivity contribution in [2.45, 2.75) is 0 Å². The molecule has 0 fully saturated rings. The van der Waals surface area contributed by atoms with Crippen LogP contribution >= 0.6 is 8.25 Å². The monoisotopic (exact) mass is 164 g/mol. The van der Waals surface area contributed by atoms with Crippen LogP contribution in [0.1, 0.15) is 0 Å². The van der Waals surface area contributed by atoms with Crippen molar-refractivity contribution in [3.05, 3.63) is 0 Å². The molecule has 0 aliphatic carbocycles. The molecule has 0 rings (SSSR count). The fourth-order valence-electron chi connectivity index (χ4n) is 0. The van der Waals surface area contributed by atoms with Gasteiger partial charge in [0.05, 0.1) is 0 Å². The van der Waals surface area contributed by atoms with Gasteiger partial charge in [0.2, 0.25) is 0 Å². The molecule has 0 saturated heterocycles. The molecule has 0 aromatic heterocycles. The maximum atomic E-state index is 8.74. The Bertz CT molecular complexity index is 29.9. The van der Waals surface area contributed by atoms with Gasteiger partial charge in [0.15, 0.2) is 0 Å². The molecular weight excluding hydrogens is 158 g/mol. The Balaban J connectivity index is 0. The Kier molecular flexibility index (Phi) is 8.57. The van der Waals surface area contributed by atoms with Gasteiger partial charge in [0, 0.05) is 0 Å². The second-order valence-corrected chi connectivity index (χ2v) is 0.848. The average Bonchev–Trinajstić information content (AvgIpc) is 0.811. The first-order valence-electron chi connectivity index (χ1n) is 0.651. The van der Waals surface area contributed by atoms with Gasteiger partial charge in [-0.3, -0.25) is 4.57 Å². The first-order chi connectivity index (χ1) is 1.73. The second kappa shape index (κ2) is 4.67. The summed E-state index contributed by atoms with van der Waals surface area (Å²) in [6, 6.07) is 0. The van der Waals surface area contributed by atoms with Crippen molar-refractivity contribution in [1.29, 1.82) is 0 Å². The van der Waals surface area contributed by atoms with Gasteiger partial charge in [0.25, 0.3) is 0 Å². The van der Waals surface area contributed by atoms with Crippen molar-refractivity contribution < 1.29 is 14.4 Å². The minimum absolute atomic E-state index is 0. The Hall–Kier alpha value is 0.669. The Morgan fingerprint density at radius 2 is 1.40 bits per heavy atom. The first kappa shape index (κ1) is 9.18. The van der Waals surface area contributed by atoms with Crippen molar-refractivity contribution in [1.82, 2.24) is 0 Å². The molecule has 5 heteroatoms. The van der Waals surface area contributed by atoms with Gasteiger partial charge >= 0.3 is 25.3 Å². The summed E-state index contributed by atoms with van der Waals surface area (Å²) in [7, 11) is -3.13. The van der Waals surface area contributed by atoms with Crippen LogP contribution < -0.4 is 0 Å². The van der Waals surface area contributed by atoms with Crippen LogP contribution in [0.5, 0.6) is 0 Å².